The number of hydrogen-bond donors (Lipinski definition) is 2. The molecule has 1 aromatic heterocycles. The Kier molecular flexibility index (Phi) is 6.51. The van der Waals surface area contributed by atoms with Crippen LogP contribution in [0.15, 0.2) is 48.8 Å². The molecule has 1 saturated heterocycles. The molecular weight excluding hydrogens is 342 g/mol. The van der Waals surface area contributed by atoms with E-state index >= 15 is 0 Å². The van der Waals surface area contributed by atoms with Crippen LogP contribution in [0.2, 0.25) is 0 Å². The molecule has 2 heterocycles. The molecule has 2 aromatic rings. The minimum absolute atomic E-state index is 0.233. The number of hydroxylamine groups is 1. The minimum atomic E-state index is -0.609. The number of benzene rings is 1. The van der Waals surface area contributed by atoms with Crippen molar-refractivity contribution in [1.29, 1.82) is 0 Å². The Morgan fingerprint density at radius 2 is 1.85 bits per heavy atom. The smallest absolute Gasteiger partial charge is 0.277 e. The molecule has 0 spiro atoms. The first kappa shape index (κ1) is 19.0. The number of piperazine rings is 1. The van der Waals surface area contributed by atoms with E-state index in [0.29, 0.717) is 12.0 Å². The maximum atomic E-state index is 11.3. The second-order valence-electron chi connectivity index (χ2n) is 6.48. The Morgan fingerprint density at radius 3 is 2.44 bits per heavy atom. The minimum Gasteiger partial charge on any atom is -0.338 e. The zero-order valence-electron chi connectivity index (χ0n) is 15.5. The summed E-state index contributed by atoms with van der Waals surface area (Å²) in [7, 11) is 0. The standard InChI is InChI=1S/C20H25N5O2/c1-2-18(9-8-16-6-4-3-5-7-16)24-10-12-25(13-11-24)20-21-14-17(15-22-20)19(26)23-27/h3-9,14-15,18,27H,2,10-13H2,1H3,(H,23,26)/b9-8+. The molecule has 1 aliphatic heterocycles. The average molecular weight is 367 g/mol. The fourth-order valence-corrected chi connectivity index (χ4v) is 3.22. The third-order valence-corrected chi connectivity index (χ3v) is 4.80. The van der Waals surface area contributed by atoms with E-state index in [1.54, 1.807) is 5.48 Å². The van der Waals surface area contributed by atoms with Crippen molar-refractivity contribution in [3.63, 3.8) is 0 Å². The van der Waals surface area contributed by atoms with Crippen molar-refractivity contribution in [3.05, 3.63) is 59.9 Å². The number of hydrogen-bond acceptors (Lipinski definition) is 6. The van der Waals surface area contributed by atoms with Crippen molar-refractivity contribution in [2.45, 2.75) is 19.4 Å². The van der Waals surface area contributed by atoms with Gasteiger partial charge in [-0.3, -0.25) is 14.9 Å². The summed E-state index contributed by atoms with van der Waals surface area (Å²) in [5.41, 5.74) is 3.03. The molecule has 1 atom stereocenters. The fraction of sp³-hybridized carbons (Fsp3) is 0.350. The van der Waals surface area contributed by atoms with E-state index in [1.807, 2.05) is 6.07 Å². The Hall–Kier alpha value is -2.77. The van der Waals surface area contributed by atoms with E-state index in [0.717, 1.165) is 32.6 Å². The molecule has 1 aliphatic rings. The van der Waals surface area contributed by atoms with E-state index in [-0.39, 0.29) is 5.56 Å². The molecule has 3 rings (SSSR count). The van der Waals surface area contributed by atoms with Gasteiger partial charge < -0.3 is 4.90 Å². The van der Waals surface area contributed by atoms with Crippen molar-refractivity contribution >= 4 is 17.9 Å². The lowest BCUT2D eigenvalue weighted by Gasteiger charge is -2.38. The highest BCUT2D eigenvalue weighted by Gasteiger charge is 2.22. The van der Waals surface area contributed by atoms with Gasteiger partial charge in [-0.15, -0.1) is 0 Å². The van der Waals surface area contributed by atoms with Gasteiger partial charge in [0.05, 0.1) is 5.56 Å². The highest BCUT2D eigenvalue weighted by atomic mass is 16.5. The van der Waals surface area contributed by atoms with Gasteiger partial charge in [0.1, 0.15) is 0 Å². The molecule has 0 bridgehead atoms. The van der Waals surface area contributed by atoms with Crippen LogP contribution in [0.25, 0.3) is 6.08 Å². The molecule has 1 amide bonds. The first-order valence-corrected chi connectivity index (χ1v) is 9.20. The second-order valence-corrected chi connectivity index (χ2v) is 6.48. The monoisotopic (exact) mass is 367 g/mol. The Balaban J connectivity index is 1.57. The predicted octanol–water partition coefficient (Wildman–Crippen LogP) is 2.21. The maximum absolute atomic E-state index is 11.3. The average Bonchev–Trinajstić information content (AvgIpc) is 2.75. The Bertz CT molecular complexity index is 756. The summed E-state index contributed by atoms with van der Waals surface area (Å²) in [6.45, 7) is 5.74. The molecule has 27 heavy (non-hydrogen) atoms. The summed E-state index contributed by atoms with van der Waals surface area (Å²) in [5.74, 6) is -0.000578. The van der Waals surface area contributed by atoms with Crippen molar-refractivity contribution in [2.24, 2.45) is 0 Å². The largest absolute Gasteiger partial charge is 0.338 e. The normalized spacial score (nSPS) is 16.4. The zero-order chi connectivity index (χ0) is 19.1. The van der Waals surface area contributed by atoms with Gasteiger partial charge in [0.2, 0.25) is 5.95 Å². The molecule has 0 saturated carbocycles. The molecular formula is C20H25N5O2. The van der Waals surface area contributed by atoms with Crippen LogP contribution in [-0.4, -0.2) is 58.2 Å². The first-order chi connectivity index (χ1) is 13.2. The highest BCUT2D eigenvalue weighted by molar-refractivity contribution is 5.92. The second kappa shape index (κ2) is 9.25. The fourth-order valence-electron chi connectivity index (χ4n) is 3.22. The molecule has 142 valence electrons. The van der Waals surface area contributed by atoms with Crippen molar-refractivity contribution in [2.75, 3.05) is 31.1 Å². The van der Waals surface area contributed by atoms with Gasteiger partial charge in [-0.2, -0.15) is 0 Å². The SMILES string of the molecule is CCC(/C=C/c1ccccc1)N1CCN(c2ncc(C(=O)NO)cn2)CC1. The Labute approximate surface area is 159 Å². The summed E-state index contributed by atoms with van der Waals surface area (Å²) in [5, 5.41) is 8.65. The quantitative estimate of drug-likeness (QED) is 0.602. The lowest BCUT2D eigenvalue weighted by molar-refractivity contribution is 0.0705. The highest BCUT2D eigenvalue weighted by Crippen LogP contribution is 2.16. The van der Waals surface area contributed by atoms with E-state index in [2.05, 4.69) is 63.1 Å². The summed E-state index contributed by atoms with van der Waals surface area (Å²) in [6.07, 6.45) is 8.39. The lowest BCUT2D eigenvalue weighted by Crippen LogP contribution is -2.50. The first-order valence-electron chi connectivity index (χ1n) is 9.20. The van der Waals surface area contributed by atoms with Crippen LogP contribution >= 0.6 is 0 Å². The van der Waals surface area contributed by atoms with Crippen molar-refractivity contribution in [1.82, 2.24) is 20.3 Å². The molecule has 2 N–H and O–H groups in total. The number of aromatic nitrogens is 2. The molecule has 0 aliphatic carbocycles. The van der Waals surface area contributed by atoms with Gasteiger partial charge in [-0.05, 0) is 12.0 Å². The maximum Gasteiger partial charge on any atom is 0.277 e. The zero-order valence-corrected chi connectivity index (χ0v) is 15.5. The van der Waals surface area contributed by atoms with Crippen LogP contribution in [0.3, 0.4) is 0 Å². The van der Waals surface area contributed by atoms with Crippen molar-refractivity contribution in [3.8, 4) is 0 Å². The molecule has 1 unspecified atom stereocenters. The van der Waals surface area contributed by atoms with Crippen LogP contribution in [0, 0.1) is 0 Å². The van der Waals surface area contributed by atoms with Gasteiger partial charge in [-0.25, -0.2) is 15.4 Å². The van der Waals surface area contributed by atoms with Crippen LogP contribution in [0.4, 0.5) is 5.95 Å². The van der Waals surface area contributed by atoms with E-state index < -0.39 is 5.91 Å². The van der Waals surface area contributed by atoms with Gasteiger partial charge in [0.25, 0.3) is 5.91 Å². The van der Waals surface area contributed by atoms with Crippen LogP contribution in [0.1, 0.15) is 29.3 Å². The summed E-state index contributed by atoms with van der Waals surface area (Å²) in [4.78, 5) is 24.4. The van der Waals surface area contributed by atoms with Gasteiger partial charge in [-0.1, -0.05) is 49.4 Å². The van der Waals surface area contributed by atoms with E-state index in [1.165, 1.54) is 18.0 Å². The summed E-state index contributed by atoms with van der Waals surface area (Å²) < 4.78 is 0. The number of rotatable bonds is 6. The molecule has 1 aromatic carbocycles. The van der Waals surface area contributed by atoms with Crippen LogP contribution in [-0.2, 0) is 0 Å². The van der Waals surface area contributed by atoms with E-state index in [9.17, 15) is 4.79 Å². The Morgan fingerprint density at radius 1 is 1.19 bits per heavy atom. The molecule has 1 fully saturated rings. The third-order valence-electron chi connectivity index (χ3n) is 4.80. The number of amides is 1. The number of nitrogens with one attached hydrogen (secondary N) is 1. The molecule has 7 nitrogen and oxygen atoms in total. The summed E-state index contributed by atoms with van der Waals surface area (Å²) >= 11 is 0. The number of nitrogens with zero attached hydrogens (tertiary/aromatic N) is 4. The molecule has 7 heteroatoms. The summed E-state index contributed by atoms with van der Waals surface area (Å²) in [6, 6.07) is 10.8. The van der Waals surface area contributed by atoms with Crippen molar-refractivity contribution < 1.29 is 10.0 Å². The van der Waals surface area contributed by atoms with Crippen LogP contribution in [0.5, 0.6) is 0 Å². The third kappa shape index (κ3) is 4.90. The van der Waals surface area contributed by atoms with Gasteiger partial charge >= 0.3 is 0 Å². The topological polar surface area (TPSA) is 81.6 Å². The van der Waals surface area contributed by atoms with E-state index in [4.69, 9.17) is 5.21 Å². The van der Waals surface area contributed by atoms with Crippen LogP contribution < -0.4 is 10.4 Å². The number of anilines is 1. The van der Waals surface area contributed by atoms with Gasteiger partial charge in [0, 0.05) is 44.6 Å². The lowest BCUT2D eigenvalue weighted by atomic mass is 10.1. The van der Waals surface area contributed by atoms with Gasteiger partial charge in [0.15, 0.2) is 0 Å². The predicted molar refractivity (Wildman–Crippen MR) is 105 cm³/mol. The number of carbonyl (C=O) groups excluding carboxylic acids is 1. The molecule has 0 radical (unpaired) electrons. The number of carbonyl (C=O) groups is 1.